The zero-order valence-electron chi connectivity index (χ0n) is 25.2. The van der Waals surface area contributed by atoms with E-state index < -0.39 is 28.5 Å². The molecule has 6 rings (SSSR count). The molecule has 4 bridgehead atoms. The second-order valence-corrected chi connectivity index (χ2v) is 15.8. The molecule has 228 valence electrons. The fourth-order valence-corrected chi connectivity index (χ4v) is 8.95. The highest BCUT2D eigenvalue weighted by molar-refractivity contribution is 7.92. The Balaban J connectivity index is 1.38. The van der Waals surface area contributed by atoms with E-state index in [0.717, 1.165) is 28.3 Å². The van der Waals surface area contributed by atoms with Gasteiger partial charge in [0.25, 0.3) is 0 Å². The molecule has 4 aliphatic carbocycles. The molecular weight excluding hydrogens is 570 g/mol. The lowest BCUT2D eigenvalue weighted by molar-refractivity contribution is -0.139. The van der Waals surface area contributed by atoms with E-state index >= 15 is 0 Å². The Morgan fingerprint density at radius 2 is 1.52 bits per heavy atom. The quantitative estimate of drug-likeness (QED) is 0.349. The summed E-state index contributed by atoms with van der Waals surface area (Å²) in [5, 5.41) is 3.37. The molecule has 0 spiro atoms. The predicted molar refractivity (Wildman–Crippen MR) is 168 cm³/mol. The minimum atomic E-state index is -3.79. The van der Waals surface area contributed by atoms with Gasteiger partial charge in [-0.15, -0.1) is 0 Å². The second kappa shape index (κ2) is 12.2. The van der Waals surface area contributed by atoms with Gasteiger partial charge in [0, 0.05) is 18.1 Å². The molecule has 1 atom stereocenters. The van der Waals surface area contributed by atoms with Crippen LogP contribution in [0.5, 0.6) is 0 Å². The molecule has 4 saturated carbocycles. The molecular formula is C33H44ClN3O4S. The van der Waals surface area contributed by atoms with Crippen LogP contribution < -0.4 is 9.62 Å². The highest BCUT2D eigenvalue weighted by Gasteiger charge is 2.51. The van der Waals surface area contributed by atoms with Crippen molar-refractivity contribution in [3.63, 3.8) is 0 Å². The lowest BCUT2D eigenvalue weighted by Crippen LogP contribution is -2.51. The summed E-state index contributed by atoms with van der Waals surface area (Å²) < 4.78 is 27.2. The minimum Gasteiger partial charge on any atom is -0.354 e. The van der Waals surface area contributed by atoms with Crippen molar-refractivity contribution in [2.75, 3.05) is 23.7 Å². The molecule has 0 heterocycles. The average molecular weight is 614 g/mol. The van der Waals surface area contributed by atoms with Crippen LogP contribution in [0.4, 0.5) is 5.69 Å². The summed E-state index contributed by atoms with van der Waals surface area (Å²) in [6, 6.07) is 14.2. The number of anilines is 1. The number of nitrogens with one attached hydrogen (secondary N) is 1. The standard InChI is InChI=1S/C33H44ClN3O4S/c1-22(2)19-35-32(39)23(3)36(20-27-7-5-6-8-30(27)34)31(38)21-37(42(4,40)41)29-11-9-28(10-12-29)33-16-24-13-25(17-33)15-26(14-24)18-33/h5-12,22-26H,13-21H2,1-4H3,(H,35,39). The molecule has 2 aromatic carbocycles. The first-order chi connectivity index (χ1) is 19.8. The van der Waals surface area contributed by atoms with Crippen molar-refractivity contribution >= 4 is 39.1 Å². The summed E-state index contributed by atoms with van der Waals surface area (Å²) in [5.74, 6) is 1.91. The summed E-state index contributed by atoms with van der Waals surface area (Å²) in [7, 11) is -3.79. The van der Waals surface area contributed by atoms with Crippen molar-refractivity contribution in [1.82, 2.24) is 10.2 Å². The third kappa shape index (κ3) is 6.65. The van der Waals surface area contributed by atoms with E-state index in [1.807, 2.05) is 32.0 Å². The van der Waals surface area contributed by atoms with Gasteiger partial charge in [-0.25, -0.2) is 8.42 Å². The highest BCUT2D eigenvalue weighted by atomic mass is 35.5. The smallest absolute Gasteiger partial charge is 0.244 e. The van der Waals surface area contributed by atoms with Crippen LogP contribution >= 0.6 is 11.6 Å². The van der Waals surface area contributed by atoms with Crippen LogP contribution in [-0.4, -0.2) is 50.5 Å². The maximum Gasteiger partial charge on any atom is 0.244 e. The Labute approximate surface area is 256 Å². The van der Waals surface area contributed by atoms with E-state index in [0.29, 0.717) is 22.8 Å². The first kappa shape index (κ1) is 30.9. The molecule has 4 aliphatic rings. The number of hydrogen-bond acceptors (Lipinski definition) is 4. The zero-order chi connectivity index (χ0) is 30.2. The van der Waals surface area contributed by atoms with Gasteiger partial charge in [-0.1, -0.05) is 55.8 Å². The highest BCUT2D eigenvalue weighted by Crippen LogP contribution is 2.60. The zero-order valence-corrected chi connectivity index (χ0v) is 26.8. The Bertz CT molecular complexity index is 1370. The SMILES string of the molecule is CC(C)CNC(=O)C(C)N(Cc1ccccc1Cl)C(=O)CN(c1ccc(C23CC4CC(CC(C4)C2)C3)cc1)S(C)(=O)=O. The number of benzene rings is 2. The fraction of sp³-hybridized carbons (Fsp3) is 0.576. The number of sulfonamides is 1. The third-order valence-electron chi connectivity index (χ3n) is 9.64. The van der Waals surface area contributed by atoms with Crippen molar-refractivity contribution < 1.29 is 18.0 Å². The molecule has 2 amide bonds. The van der Waals surface area contributed by atoms with Crippen molar-refractivity contribution in [2.24, 2.45) is 23.7 Å². The maximum atomic E-state index is 13.9. The molecule has 7 nitrogen and oxygen atoms in total. The molecule has 0 saturated heterocycles. The van der Waals surface area contributed by atoms with E-state index in [9.17, 15) is 18.0 Å². The number of carbonyl (C=O) groups excluding carboxylic acids is 2. The number of hydrogen-bond donors (Lipinski definition) is 1. The molecule has 0 aromatic heterocycles. The summed E-state index contributed by atoms with van der Waals surface area (Å²) in [5.41, 5.74) is 2.63. The topological polar surface area (TPSA) is 86.8 Å². The lowest BCUT2D eigenvalue weighted by atomic mass is 9.48. The van der Waals surface area contributed by atoms with Gasteiger partial charge >= 0.3 is 0 Å². The van der Waals surface area contributed by atoms with Gasteiger partial charge in [-0.05, 0) is 104 Å². The van der Waals surface area contributed by atoms with Crippen LogP contribution in [-0.2, 0) is 31.6 Å². The molecule has 0 radical (unpaired) electrons. The van der Waals surface area contributed by atoms with Gasteiger partial charge in [0.1, 0.15) is 12.6 Å². The van der Waals surface area contributed by atoms with Crippen molar-refractivity contribution in [3.8, 4) is 0 Å². The van der Waals surface area contributed by atoms with E-state index in [4.69, 9.17) is 11.6 Å². The van der Waals surface area contributed by atoms with E-state index in [2.05, 4.69) is 17.4 Å². The molecule has 2 aromatic rings. The molecule has 1 N–H and O–H groups in total. The first-order valence-electron chi connectivity index (χ1n) is 15.2. The summed E-state index contributed by atoms with van der Waals surface area (Å²) in [6.45, 7) is 5.80. The van der Waals surface area contributed by atoms with Gasteiger partial charge < -0.3 is 10.2 Å². The van der Waals surface area contributed by atoms with Gasteiger partial charge in [0.15, 0.2) is 0 Å². The summed E-state index contributed by atoms with van der Waals surface area (Å²) in [6.07, 6.45) is 8.87. The fourth-order valence-electron chi connectivity index (χ4n) is 7.90. The molecule has 0 aliphatic heterocycles. The molecule has 1 unspecified atom stereocenters. The molecule has 9 heteroatoms. The Morgan fingerprint density at radius 3 is 2.05 bits per heavy atom. The van der Waals surface area contributed by atoms with Gasteiger partial charge in [-0.2, -0.15) is 0 Å². The van der Waals surface area contributed by atoms with Crippen LogP contribution in [0, 0.1) is 23.7 Å². The number of halogens is 1. The Hall–Kier alpha value is -2.58. The van der Waals surface area contributed by atoms with Crippen LogP contribution in [0.15, 0.2) is 48.5 Å². The van der Waals surface area contributed by atoms with Crippen LogP contribution in [0.2, 0.25) is 5.02 Å². The third-order valence-corrected chi connectivity index (χ3v) is 11.1. The Kier molecular flexibility index (Phi) is 8.96. The van der Waals surface area contributed by atoms with E-state index in [1.165, 1.54) is 49.0 Å². The van der Waals surface area contributed by atoms with Crippen molar-refractivity contribution in [2.45, 2.75) is 77.3 Å². The summed E-state index contributed by atoms with van der Waals surface area (Å²) in [4.78, 5) is 28.3. The minimum absolute atomic E-state index is 0.0807. The monoisotopic (exact) mass is 613 g/mol. The van der Waals surface area contributed by atoms with Gasteiger partial charge in [0.2, 0.25) is 21.8 Å². The van der Waals surface area contributed by atoms with Gasteiger partial charge in [-0.3, -0.25) is 13.9 Å². The predicted octanol–water partition coefficient (Wildman–Crippen LogP) is 5.76. The second-order valence-electron chi connectivity index (χ2n) is 13.4. The lowest BCUT2D eigenvalue weighted by Gasteiger charge is -2.57. The molecule has 42 heavy (non-hydrogen) atoms. The Morgan fingerprint density at radius 1 is 0.952 bits per heavy atom. The van der Waals surface area contributed by atoms with Crippen LogP contribution in [0.1, 0.15) is 70.4 Å². The number of nitrogens with zero attached hydrogens (tertiary/aromatic N) is 2. The largest absolute Gasteiger partial charge is 0.354 e. The number of rotatable bonds is 11. The van der Waals surface area contributed by atoms with E-state index in [-0.39, 0.29) is 23.8 Å². The normalized spacial score (nSPS) is 25.3. The van der Waals surface area contributed by atoms with Crippen molar-refractivity contribution in [3.05, 3.63) is 64.7 Å². The van der Waals surface area contributed by atoms with Gasteiger partial charge in [0.05, 0.1) is 11.9 Å². The summed E-state index contributed by atoms with van der Waals surface area (Å²) >= 11 is 6.42. The van der Waals surface area contributed by atoms with E-state index in [1.54, 1.807) is 25.1 Å². The van der Waals surface area contributed by atoms with Crippen molar-refractivity contribution in [1.29, 1.82) is 0 Å². The number of carbonyl (C=O) groups is 2. The number of amides is 2. The maximum absolute atomic E-state index is 13.9. The molecule has 4 fully saturated rings. The van der Waals surface area contributed by atoms with Crippen LogP contribution in [0.3, 0.4) is 0 Å². The average Bonchev–Trinajstić information content (AvgIpc) is 2.92. The first-order valence-corrected chi connectivity index (χ1v) is 17.5. The van der Waals surface area contributed by atoms with Crippen LogP contribution in [0.25, 0.3) is 0 Å².